The van der Waals surface area contributed by atoms with Crippen molar-refractivity contribution in [3.8, 4) is 0 Å². The fourth-order valence-corrected chi connectivity index (χ4v) is 3.09. The molecule has 3 unspecified atom stereocenters. The van der Waals surface area contributed by atoms with Crippen LogP contribution in [0.3, 0.4) is 0 Å². The van der Waals surface area contributed by atoms with E-state index in [4.69, 9.17) is 9.47 Å². The van der Waals surface area contributed by atoms with E-state index in [2.05, 4.69) is 6.92 Å². The van der Waals surface area contributed by atoms with Crippen LogP contribution in [-0.4, -0.2) is 36.0 Å². The predicted octanol–water partition coefficient (Wildman–Crippen LogP) is 2.53. The lowest BCUT2D eigenvalue weighted by atomic mass is 9.73. The molecular weight excluding hydrogens is 244 g/mol. The molecule has 1 fully saturated rings. The minimum absolute atomic E-state index is 0.0550. The van der Waals surface area contributed by atoms with Gasteiger partial charge in [0.1, 0.15) is 0 Å². The summed E-state index contributed by atoms with van der Waals surface area (Å²) in [4.78, 5) is 12.1. The maximum absolute atomic E-state index is 12.1. The summed E-state index contributed by atoms with van der Waals surface area (Å²) in [5.74, 6) is -0.683. The van der Waals surface area contributed by atoms with Crippen molar-refractivity contribution in [1.29, 1.82) is 0 Å². The summed E-state index contributed by atoms with van der Waals surface area (Å²) in [5, 5.41) is 10.9. The summed E-state index contributed by atoms with van der Waals surface area (Å²) in [7, 11) is 0. The number of carbonyl (C=O) groups excluding carboxylic acids is 1. The lowest BCUT2D eigenvalue weighted by Gasteiger charge is -2.42. The Hall–Kier alpha value is -0.610. The number of hydrogen-bond acceptors (Lipinski definition) is 4. The summed E-state index contributed by atoms with van der Waals surface area (Å²) in [6.07, 6.45) is 3.04. The first-order valence-corrected chi connectivity index (χ1v) is 7.45. The van der Waals surface area contributed by atoms with E-state index in [1.54, 1.807) is 6.92 Å². The van der Waals surface area contributed by atoms with Gasteiger partial charge in [-0.1, -0.05) is 27.2 Å². The Kier molecular flexibility index (Phi) is 6.27. The van der Waals surface area contributed by atoms with E-state index in [0.29, 0.717) is 26.1 Å². The SMILES string of the molecule is CCCC1CC(O)(C(C(=O)OCC)C(C)C)CCO1. The van der Waals surface area contributed by atoms with Crippen molar-refractivity contribution in [3.05, 3.63) is 0 Å². The molecule has 0 aromatic heterocycles. The van der Waals surface area contributed by atoms with Gasteiger partial charge >= 0.3 is 5.97 Å². The van der Waals surface area contributed by atoms with Crippen molar-refractivity contribution in [1.82, 2.24) is 0 Å². The Morgan fingerprint density at radius 2 is 2.16 bits per heavy atom. The quantitative estimate of drug-likeness (QED) is 0.755. The minimum atomic E-state index is -0.988. The van der Waals surface area contributed by atoms with Gasteiger partial charge in [0, 0.05) is 19.4 Å². The number of rotatable bonds is 6. The van der Waals surface area contributed by atoms with E-state index in [-0.39, 0.29) is 18.0 Å². The van der Waals surface area contributed by atoms with E-state index < -0.39 is 11.5 Å². The summed E-state index contributed by atoms with van der Waals surface area (Å²) in [6, 6.07) is 0. The van der Waals surface area contributed by atoms with E-state index >= 15 is 0 Å². The first-order chi connectivity index (χ1) is 8.94. The van der Waals surface area contributed by atoms with Gasteiger partial charge in [0.25, 0.3) is 0 Å². The van der Waals surface area contributed by atoms with Gasteiger partial charge in [-0.3, -0.25) is 4.79 Å². The molecule has 0 aromatic carbocycles. The summed E-state index contributed by atoms with van der Waals surface area (Å²) < 4.78 is 10.8. The lowest BCUT2D eigenvalue weighted by molar-refractivity contribution is -0.178. The maximum Gasteiger partial charge on any atom is 0.312 e. The van der Waals surface area contributed by atoms with Gasteiger partial charge in [-0.05, 0) is 19.3 Å². The molecule has 0 spiro atoms. The molecule has 1 saturated heterocycles. The zero-order chi connectivity index (χ0) is 14.5. The first-order valence-electron chi connectivity index (χ1n) is 7.45. The molecule has 0 bridgehead atoms. The molecule has 3 atom stereocenters. The van der Waals surface area contributed by atoms with E-state index in [1.165, 1.54) is 0 Å². The van der Waals surface area contributed by atoms with Crippen LogP contribution in [0.5, 0.6) is 0 Å². The number of aliphatic hydroxyl groups is 1. The van der Waals surface area contributed by atoms with Crippen molar-refractivity contribution in [2.24, 2.45) is 11.8 Å². The highest BCUT2D eigenvalue weighted by atomic mass is 16.5. The molecule has 0 saturated carbocycles. The van der Waals surface area contributed by atoms with Gasteiger partial charge in [0.05, 0.1) is 24.2 Å². The molecule has 0 aromatic rings. The largest absolute Gasteiger partial charge is 0.466 e. The molecule has 4 heteroatoms. The molecule has 0 radical (unpaired) electrons. The molecule has 1 aliphatic rings. The third-order valence-electron chi connectivity index (χ3n) is 3.87. The molecule has 0 aliphatic carbocycles. The van der Waals surface area contributed by atoms with Gasteiger partial charge in [-0.15, -0.1) is 0 Å². The molecule has 112 valence electrons. The Labute approximate surface area is 116 Å². The van der Waals surface area contributed by atoms with Gasteiger partial charge in [-0.25, -0.2) is 0 Å². The Balaban J connectivity index is 2.83. The average Bonchev–Trinajstić information content (AvgIpc) is 2.28. The van der Waals surface area contributed by atoms with Crippen molar-refractivity contribution in [2.75, 3.05) is 13.2 Å². The highest BCUT2D eigenvalue weighted by Crippen LogP contribution is 2.37. The highest BCUT2D eigenvalue weighted by molar-refractivity contribution is 5.74. The van der Waals surface area contributed by atoms with Crippen LogP contribution in [-0.2, 0) is 14.3 Å². The molecule has 1 N–H and O–H groups in total. The van der Waals surface area contributed by atoms with Crippen LogP contribution >= 0.6 is 0 Å². The van der Waals surface area contributed by atoms with Crippen molar-refractivity contribution < 1.29 is 19.4 Å². The second-order valence-corrected chi connectivity index (χ2v) is 5.81. The molecule has 4 nitrogen and oxygen atoms in total. The molecule has 1 heterocycles. The molecule has 0 amide bonds. The van der Waals surface area contributed by atoms with Crippen LogP contribution in [0.15, 0.2) is 0 Å². The average molecular weight is 272 g/mol. The van der Waals surface area contributed by atoms with E-state index in [1.807, 2.05) is 13.8 Å². The van der Waals surface area contributed by atoms with Crippen molar-refractivity contribution in [3.63, 3.8) is 0 Å². The number of hydrogen-bond donors (Lipinski definition) is 1. The first kappa shape index (κ1) is 16.4. The predicted molar refractivity (Wildman–Crippen MR) is 73.8 cm³/mol. The van der Waals surface area contributed by atoms with Gasteiger partial charge in [0.2, 0.25) is 0 Å². The normalized spacial score (nSPS) is 29.3. The smallest absolute Gasteiger partial charge is 0.312 e. The molecular formula is C15H28O4. The molecule has 1 rings (SSSR count). The number of esters is 1. The highest BCUT2D eigenvalue weighted by Gasteiger charge is 2.47. The van der Waals surface area contributed by atoms with E-state index in [9.17, 15) is 9.90 Å². The fourth-order valence-electron chi connectivity index (χ4n) is 3.09. The Morgan fingerprint density at radius 1 is 1.47 bits per heavy atom. The second-order valence-electron chi connectivity index (χ2n) is 5.81. The van der Waals surface area contributed by atoms with E-state index in [0.717, 1.165) is 12.8 Å². The number of carbonyl (C=O) groups is 1. The third-order valence-corrected chi connectivity index (χ3v) is 3.87. The minimum Gasteiger partial charge on any atom is -0.466 e. The number of ether oxygens (including phenoxy) is 2. The van der Waals surface area contributed by atoms with Crippen LogP contribution in [0, 0.1) is 11.8 Å². The van der Waals surface area contributed by atoms with Crippen LogP contribution in [0.2, 0.25) is 0 Å². The summed E-state index contributed by atoms with van der Waals surface area (Å²) in [6.45, 7) is 8.69. The summed E-state index contributed by atoms with van der Waals surface area (Å²) in [5.41, 5.74) is -0.988. The van der Waals surface area contributed by atoms with Gasteiger partial charge < -0.3 is 14.6 Å². The van der Waals surface area contributed by atoms with Crippen LogP contribution in [0.25, 0.3) is 0 Å². The maximum atomic E-state index is 12.1. The second kappa shape index (κ2) is 7.25. The zero-order valence-electron chi connectivity index (χ0n) is 12.6. The van der Waals surface area contributed by atoms with Crippen LogP contribution in [0.1, 0.15) is 53.4 Å². The zero-order valence-corrected chi connectivity index (χ0v) is 12.6. The molecule has 1 aliphatic heterocycles. The molecule has 19 heavy (non-hydrogen) atoms. The van der Waals surface area contributed by atoms with Crippen LogP contribution < -0.4 is 0 Å². The third kappa shape index (κ3) is 4.18. The van der Waals surface area contributed by atoms with Gasteiger partial charge in [-0.2, -0.15) is 0 Å². The monoisotopic (exact) mass is 272 g/mol. The Bertz CT molecular complexity index is 288. The Morgan fingerprint density at radius 3 is 2.68 bits per heavy atom. The van der Waals surface area contributed by atoms with Crippen LogP contribution in [0.4, 0.5) is 0 Å². The van der Waals surface area contributed by atoms with Crippen molar-refractivity contribution in [2.45, 2.75) is 65.1 Å². The summed E-state index contributed by atoms with van der Waals surface area (Å²) >= 11 is 0. The van der Waals surface area contributed by atoms with Gasteiger partial charge in [0.15, 0.2) is 0 Å². The topological polar surface area (TPSA) is 55.8 Å². The lowest BCUT2D eigenvalue weighted by Crippen LogP contribution is -2.51. The fraction of sp³-hybridized carbons (Fsp3) is 0.933. The van der Waals surface area contributed by atoms with Crippen molar-refractivity contribution >= 4 is 5.97 Å². The standard InChI is InChI=1S/C15H28O4/c1-5-7-12-10-15(17,8-9-19-12)13(11(3)4)14(16)18-6-2/h11-13,17H,5-10H2,1-4H3.